The van der Waals surface area contributed by atoms with Crippen LogP contribution in [0, 0.1) is 4.91 Å². The van der Waals surface area contributed by atoms with E-state index in [4.69, 9.17) is 14.5 Å². The number of carbonyl (C=O) groups excluding carboxylic acids is 1. The highest BCUT2D eigenvalue weighted by Crippen LogP contribution is 2.40. The van der Waals surface area contributed by atoms with Gasteiger partial charge in [-0.25, -0.2) is 4.98 Å². The number of carbonyl (C=O) groups is 1. The van der Waals surface area contributed by atoms with E-state index in [1.165, 1.54) is 0 Å². The van der Waals surface area contributed by atoms with Gasteiger partial charge in [0.15, 0.2) is 6.04 Å². The molecule has 0 saturated carbocycles. The Labute approximate surface area is 170 Å². The topological polar surface area (TPSA) is 99.9 Å². The maximum Gasteiger partial charge on any atom is 0.298 e. The molecule has 1 atom stereocenters. The summed E-state index contributed by atoms with van der Waals surface area (Å²) in [6, 6.07) is 6.16. The van der Waals surface area contributed by atoms with Crippen molar-refractivity contribution in [1.82, 2.24) is 9.55 Å². The molecule has 1 unspecified atom stereocenters. The van der Waals surface area contributed by atoms with Crippen molar-refractivity contribution in [3.05, 3.63) is 74.1 Å². The molecule has 2 aliphatic heterocycles. The van der Waals surface area contributed by atoms with Gasteiger partial charge in [-0.15, -0.1) is 4.91 Å². The lowest BCUT2D eigenvalue weighted by Crippen LogP contribution is -2.29. The molecule has 0 saturated heterocycles. The van der Waals surface area contributed by atoms with Crippen LogP contribution >= 0.6 is 0 Å². The third-order valence-corrected chi connectivity index (χ3v) is 5.81. The first-order valence-electron chi connectivity index (χ1n) is 9.54. The second-order valence-electron chi connectivity index (χ2n) is 7.28. The Morgan fingerprint density at radius 2 is 2.20 bits per heavy atom. The lowest BCUT2D eigenvalue weighted by Gasteiger charge is -2.24. The summed E-state index contributed by atoms with van der Waals surface area (Å²) in [5.41, 5.74) is 4.83. The zero-order valence-electron chi connectivity index (χ0n) is 16.2. The van der Waals surface area contributed by atoms with Crippen LogP contribution in [-0.4, -0.2) is 16.0 Å². The quantitative estimate of drug-likeness (QED) is 0.383. The van der Waals surface area contributed by atoms with E-state index in [1.54, 1.807) is 22.8 Å². The van der Waals surface area contributed by atoms with Crippen LogP contribution in [0.4, 0.5) is 0 Å². The predicted molar refractivity (Wildman–Crippen MR) is 109 cm³/mol. The molecular formula is C22H17N3O5. The van der Waals surface area contributed by atoms with E-state index in [0.29, 0.717) is 47.7 Å². The van der Waals surface area contributed by atoms with Gasteiger partial charge in [0, 0.05) is 16.5 Å². The zero-order chi connectivity index (χ0) is 21.0. The largest absolute Gasteiger partial charge is 0.491 e. The van der Waals surface area contributed by atoms with Crippen LogP contribution < -0.4 is 10.3 Å². The molecule has 8 heteroatoms. The van der Waals surface area contributed by atoms with Crippen molar-refractivity contribution in [3.63, 3.8) is 0 Å². The summed E-state index contributed by atoms with van der Waals surface area (Å²) in [5, 5.41) is 4.00. The van der Waals surface area contributed by atoms with Crippen LogP contribution in [0.2, 0.25) is 0 Å². The van der Waals surface area contributed by atoms with Crippen LogP contribution in [-0.2, 0) is 29.1 Å². The van der Waals surface area contributed by atoms with Crippen molar-refractivity contribution in [2.24, 2.45) is 5.18 Å². The second kappa shape index (κ2) is 6.62. The molecule has 150 valence electrons. The molecule has 0 N–H and O–H groups in total. The van der Waals surface area contributed by atoms with Gasteiger partial charge in [0.25, 0.3) is 12.0 Å². The maximum absolute atomic E-state index is 13.2. The van der Waals surface area contributed by atoms with Gasteiger partial charge in [0.05, 0.1) is 29.0 Å². The third-order valence-electron chi connectivity index (χ3n) is 5.81. The Balaban J connectivity index is 1.78. The molecule has 4 heterocycles. The number of fused-ring (bicyclic) bond motifs is 5. The van der Waals surface area contributed by atoms with E-state index in [9.17, 15) is 14.5 Å². The number of rotatable bonds is 4. The lowest BCUT2D eigenvalue weighted by molar-refractivity contribution is -0.120. The molecule has 30 heavy (non-hydrogen) atoms. The van der Waals surface area contributed by atoms with E-state index in [0.717, 1.165) is 22.0 Å². The van der Waals surface area contributed by atoms with E-state index in [-0.39, 0.29) is 17.9 Å². The van der Waals surface area contributed by atoms with E-state index < -0.39 is 6.04 Å². The van der Waals surface area contributed by atoms with Crippen LogP contribution in [0.15, 0.2) is 46.6 Å². The second-order valence-corrected chi connectivity index (χ2v) is 7.28. The maximum atomic E-state index is 13.2. The number of nitroso groups, excluding NO2 is 1. The van der Waals surface area contributed by atoms with Crippen molar-refractivity contribution >= 4 is 17.4 Å². The molecular weight excluding hydrogens is 386 g/mol. The minimum absolute atomic E-state index is 0.0675. The zero-order valence-corrected chi connectivity index (χ0v) is 16.2. The number of hydrogen-bond donors (Lipinski definition) is 0. The fourth-order valence-corrected chi connectivity index (χ4v) is 4.40. The van der Waals surface area contributed by atoms with Gasteiger partial charge < -0.3 is 14.0 Å². The predicted octanol–water partition coefficient (Wildman–Crippen LogP) is 3.37. The van der Waals surface area contributed by atoms with E-state index >= 15 is 0 Å². The highest BCUT2D eigenvalue weighted by Gasteiger charge is 2.33. The van der Waals surface area contributed by atoms with Crippen LogP contribution in [0.3, 0.4) is 0 Å². The van der Waals surface area contributed by atoms with E-state index in [2.05, 4.69) is 11.8 Å². The number of pyridine rings is 2. The Bertz CT molecular complexity index is 1320. The first kappa shape index (κ1) is 18.2. The first-order valence-corrected chi connectivity index (χ1v) is 9.54. The molecule has 5 rings (SSSR count). The average Bonchev–Trinajstić information content (AvgIpc) is 3.11. The molecule has 3 aromatic rings. The Hall–Kier alpha value is -3.81. The average molecular weight is 403 g/mol. The number of ether oxygens (including phenoxy) is 2. The van der Waals surface area contributed by atoms with Crippen LogP contribution in [0.5, 0.6) is 5.75 Å². The normalized spacial score (nSPS) is 16.4. The monoisotopic (exact) mass is 403 g/mol. The summed E-state index contributed by atoms with van der Waals surface area (Å²) < 4.78 is 12.1. The minimum atomic E-state index is -0.912. The number of aryl methyl sites for hydroxylation is 1. The SMILES string of the molecule is C=C1OCc2c(cc3n(c2=O)Cc2c-3nc3ccc(OC=O)cc3c2CC)C1N=O. The van der Waals surface area contributed by atoms with Crippen LogP contribution in [0.25, 0.3) is 22.3 Å². The molecule has 0 amide bonds. The summed E-state index contributed by atoms with van der Waals surface area (Å²) in [7, 11) is 0. The molecule has 2 aromatic heterocycles. The first-order chi connectivity index (χ1) is 14.6. The summed E-state index contributed by atoms with van der Waals surface area (Å²) in [4.78, 5) is 40.1. The molecule has 0 radical (unpaired) electrons. The van der Waals surface area contributed by atoms with Crippen LogP contribution in [0.1, 0.15) is 35.2 Å². The molecule has 0 aliphatic carbocycles. The summed E-state index contributed by atoms with van der Waals surface area (Å²) in [6.45, 7) is 6.61. The molecule has 0 fully saturated rings. The van der Waals surface area contributed by atoms with Gasteiger partial charge in [-0.1, -0.05) is 18.7 Å². The standard InChI is InChI=1S/C22H17N3O5/c1-3-13-14-6-12(30-10-26)4-5-18(14)23-21-16(13)8-25-19(21)7-15-17(22(25)27)9-29-11(2)20(15)24-28/h4-7,10,20H,2-3,8-9H2,1H3. The molecule has 2 aliphatic rings. The van der Waals surface area contributed by atoms with Gasteiger partial charge in [0.2, 0.25) is 0 Å². The fourth-order valence-electron chi connectivity index (χ4n) is 4.40. The van der Waals surface area contributed by atoms with E-state index in [1.807, 2.05) is 13.0 Å². The smallest absolute Gasteiger partial charge is 0.298 e. The van der Waals surface area contributed by atoms with Gasteiger partial charge >= 0.3 is 0 Å². The molecule has 1 aromatic carbocycles. The third kappa shape index (κ3) is 2.43. The lowest BCUT2D eigenvalue weighted by atomic mass is 9.96. The number of hydrogen-bond acceptors (Lipinski definition) is 7. The van der Waals surface area contributed by atoms with Gasteiger partial charge in [-0.05, 0) is 36.2 Å². The van der Waals surface area contributed by atoms with Crippen molar-refractivity contribution < 1.29 is 14.3 Å². The van der Waals surface area contributed by atoms with Gasteiger partial charge in [-0.3, -0.25) is 9.59 Å². The summed E-state index contributed by atoms with van der Waals surface area (Å²) >= 11 is 0. The number of aromatic nitrogens is 2. The summed E-state index contributed by atoms with van der Waals surface area (Å²) in [6.07, 6.45) is 0.715. The van der Waals surface area contributed by atoms with Crippen molar-refractivity contribution in [2.75, 3.05) is 0 Å². The Morgan fingerprint density at radius 1 is 1.37 bits per heavy atom. The fraction of sp³-hybridized carbons (Fsp3) is 0.227. The molecule has 0 spiro atoms. The molecule has 0 bridgehead atoms. The number of benzene rings is 1. The Kier molecular flexibility index (Phi) is 4.02. The van der Waals surface area contributed by atoms with Crippen molar-refractivity contribution in [3.8, 4) is 17.1 Å². The van der Waals surface area contributed by atoms with Gasteiger partial charge in [0.1, 0.15) is 18.1 Å². The van der Waals surface area contributed by atoms with Crippen molar-refractivity contribution in [2.45, 2.75) is 32.5 Å². The van der Waals surface area contributed by atoms with Gasteiger partial charge in [-0.2, -0.15) is 0 Å². The highest BCUT2D eigenvalue weighted by molar-refractivity contribution is 5.89. The minimum Gasteiger partial charge on any atom is -0.491 e. The Morgan fingerprint density at radius 3 is 2.93 bits per heavy atom. The highest BCUT2D eigenvalue weighted by atomic mass is 16.5. The number of nitrogens with zero attached hydrogens (tertiary/aromatic N) is 3. The summed E-state index contributed by atoms with van der Waals surface area (Å²) in [5.74, 6) is 0.677. The van der Waals surface area contributed by atoms with Crippen molar-refractivity contribution in [1.29, 1.82) is 0 Å². The molecule has 8 nitrogen and oxygen atoms in total.